The van der Waals surface area contributed by atoms with Gasteiger partial charge in [0.05, 0.1) is 0 Å². The zero-order valence-corrected chi connectivity index (χ0v) is 13.3. The van der Waals surface area contributed by atoms with Crippen molar-refractivity contribution >= 4 is 0 Å². The van der Waals surface area contributed by atoms with Gasteiger partial charge in [0, 0.05) is 11.1 Å². The van der Waals surface area contributed by atoms with Crippen molar-refractivity contribution in [2.75, 3.05) is 0 Å². The van der Waals surface area contributed by atoms with Gasteiger partial charge in [0.1, 0.15) is 0 Å². The van der Waals surface area contributed by atoms with Gasteiger partial charge in [-0.15, -0.1) is 0 Å². The van der Waals surface area contributed by atoms with Gasteiger partial charge in [0.15, 0.2) is 23.3 Å². The minimum atomic E-state index is -1.25. The van der Waals surface area contributed by atoms with Gasteiger partial charge in [-0.1, -0.05) is 32.6 Å². The Morgan fingerprint density at radius 3 is 1.86 bits per heavy atom. The van der Waals surface area contributed by atoms with Gasteiger partial charge >= 0.3 is 0 Å². The summed E-state index contributed by atoms with van der Waals surface area (Å²) in [4.78, 5) is 0. The molecule has 0 aliphatic heterocycles. The zero-order chi connectivity index (χ0) is 16.3. The van der Waals surface area contributed by atoms with Crippen molar-refractivity contribution < 1.29 is 17.6 Å². The lowest BCUT2D eigenvalue weighted by Gasteiger charge is -2.29. The van der Waals surface area contributed by atoms with E-state index in [0.717, 1.165) is 26.2 Å². The molecule has 1 aromatic carbocycles. The number of halogens is 4. The molecule has 0 amide bonds. The van der Waals surface area contributed by atoms with Crippen molar-refractivity contribution in [2.45, 2.75) is 71.1 Å². The maximum atomic E-state index is 14.1. The fourth-order valence-corrected chi connectivity index (χ4v) is 3.54. The van der Waals surface area contributed by atoms with Gasteiger partial charge in [-0.3, -0.25) is 0 Å². The smallest absolute Gasteiger partial charge is 0.165 e. The van der Waals surface area contributed by atoms with Crippen molar-refractivity contribution in [1.29, 1.82) is 0 Å². The topological polar surface area (TPSA) is 0 Å². The molecule has 1 aliphatic carbocycles. The third-order valence-electron chi connectivity index (χ3n) is 4.99. The Morgan fingerprint density at radius 1 is 0.818 bits per heavy atom. The molecule has 0 atom stereocenters. The van der Waals surface area contributed by atoms with Crippen molar-refractivity contribution in [3.05, 3.63) is 34.4 Å². The average molecular weight is 316 g/mol. The minimum absolute atomic E-state index is 0.382. The van der Waals surface area contributed by atoms with Crippen molar-refractivity contribution in [3.8, 4) is 0 Å². The van der Waals surface area contributed by atoms with E-state index >= 15 is 0 Å². The molecule has 2 rings (SSSR count). The Hall–Kier alpha value is -1.06. The highest BCUT2D eigenvalue weighted by Gasteiger charge is 2.31. The lowest BCUT2D eigenvalue weighted by atomic mass is 9.76. The summed E-state index contributed by atoms with van der Waals surface area (Å²) < 4.78 is 55.5. The van der Waals surface area contributed by atoms with E-state index in [0.29, 0.717) is 18.8 Å². The summed E-state index contributed by atoms with van der Waals surface area (Å²) in [5.41, 5.74) is -0.959. The van der Waals surface area contributed by atoms with E-state index in [-0.39, 0.29) is 5.56 Å². The van der Waals surface area contributed by atoms with Gasteiger partial charge < -0.3 is 0 Å². The van der Waals surface area contributed by atoms with Crippen LogP contribution in [0.5, 0.6) is 0 Å². The van der Waals surface area contributed by atoms with Crippen LogP contribution in [0.25, 0.3) is 0 Å². The normalized spacial score (nSPS) is 22.1. The molecule has 1 aliphatic rings. The molecule has 0 aromatic heterocycles. The number of hydrogen-bond donors (Lipinski definition) is 0. The van der Waals surface area contributed by atoms with E-state index in [4.69, 9.17) is 0 Å². The number of rotatable bonds is 5. The SMILES string of the molecule is CCCCCC1CCC(c2c(F)c(F)c(C)c(F)c2F)CC1. The lowest BCUT2D eigenvalue weighted by molar-refractivity contribution is 0.290. The standard InChI is InChI=1S/C18H24F4/c1-3-4-5-6-12-7-9-13(10-8-12)14-17(21)15(19)11(2)16(20)18(14)22/h12-13H,3-10H2,1-2H3. The number of benzene rings is 1. The molecule has 1 fully saturated rings. The summed E-state index contributed by atoms with van der Waals surface area (Å²) in [6.07, 6.45) is 7.67. The van der Waals surface area contributed by atoms with Crippen LogP contribution >= 0.6 is 0 Å². The van der Waals surface area contributed by atoms with Gasteiger partial charge in [-0.2, -0.15) is 0 Å². The van der Waals surface area contributed by atoms with Crippen LogP contribution in [-0.4, -0.2) is 0 Å². The summed E-state index contributed by atoms with van der Waals surface area (Å²) in [5, 5.41) is 0. The van der Waals surface area contributed by atoms with Crippen LogP contribution in [-0.2, 0) is 0 Å². The Kier molecular flexibility index (Phi) is 5.87. The van der Waals surface area contributed by atoms with Gasteiger partial charge in [0.2, 0.25) is 0 Å². The van der Waals surface area contributed by atoms with Crippen molar-refractivity contribution in [3.63, 3.8) is 0 Å². The third kappa shape index (κ3) is 3.47. The molecule has 4 heteroatoms. The van der Waals surface area contributed by atoms with Crippen LogP contribution in [0.15, 0.2) is 0 Å². The highest BCUT2D eigenvalue weighted by Crippen LogP contribution is 2.41. The van der Waals surface area contributed by atoms with Crippen LogP contribution in [0.1, 0.15) is 75.3 Å². The quantitative estimate of drug-likeness (QED) is 0.335. The molecular formula is C18H24F4. The van der Waals surface area contributed by atoms with Gasteiger partial charge in [0.25, 0.3) is 0 Å². The fraction of sp³-hybridized carbons (Fsp3) is 0.667. The van der Waals surface area contributed by atoms with Crippen LogP contribution < -0.4 is 0 Å². The monoisotopic (exact) mass is 316 g/mol. The summed E-state index contributed by atoms with van der Waals surface area (Å²) in [6, 6.07) is 0. The first-order chi connectivity index (χ1) is 10.5. The Bertz CT molecular complexity index is 487. The Labute approximate surface area is 129 Å². The molecule has 0 bridgehead atoms. The first kappa shape index (κ1) is 17.3. The highest BCUT2D eigenvalue weighted by atomic mass is 19.2. The second-order valence-corrected chi connectivity index (χ2v) is 6.51. The van der Waals surface area contributed by atoms with Crippen molar-refractivity contribution in [1.82, 2.24) is 0 Å². The predicted molar refractivity (Wildman–Crippen MR) is 79.9 cm³/mol. The summed E-state index contributed by atoms with van der Waals surface area (Å²) >= 11 is 0. The van der Waals surface area contributed by atoms with Crippen LogP contribution in [0, 0.1) is 36.1 Å². The van der Waals surface area contributed by atoms with E-state index in [1.165, 1.54) is 19.3 Å². The number of unbranched alkanes of at least 4 members (excludes halogenated alkanes) is 2. The lowest BCUT2D eigenvalue weighted by Crippen LogP contribution is -2.17. The molecule has 0 heterocycles. The van der Waals surface area contributed by atoms with Gasteiger partial charge in [-0.25, -0.2) is 17.6 Å². The predicted octanol–water partition coefficient (Wildman–Crippen LogP) is 6.41. The van der Waals surface area contributed by atoms with E-state index in [9.17, 15) is 17.6 Å². The summed E-state index contributed by atoms with van der Waals surface area (Å²) in [7, 11) is 0. The third-order valence-corrected chi connectivity index (χ3v) is 4.99. The average Bonchev–Trinajstić information content (AvgIpc) is 2.53. The summed E-state index contributed by atoms with van der Waals surface area (Å²) in [6.45, 7) is 3.22. The molecule has 1 aromatic rings. The second-order valence-electron chi connectivity index (χ2n) is 6.51. The van der Waals surface area contributed by atoms with Crippen LogP contribution in [0.3, 0.4) is 0 Å². The first-order valence-corrected chi connectivity index (χ1v) is 8.29. The maximum absolute atomic E-state index is 14.1. The Balaban J connectivity index is 2.09. The van der Waals surface area contributed by atoms with E-state index in [2.05, 4.69) is 6.92 Å². The summed E-state index contributed by atoms with van der Waals surface area (Å²) in [5.74, 6) is -4.74. The molecule has 22 heavy (non-hydrogen) atoms. The molecule has 0 saturated heterocycles. The molecule has 124 valence electrons. The molecule has 0 spiro atoms. The molecule has 0 N–H and O–H groups in total. The molecule has 1 saturated carbocycles. The second kappa shape index (κ2) is 7.47. The highest BCUT2D eigenvalue weighted by molar-refractivity contribution is 5.31. The minimum Gasteiger partial charge on any atom is -0.203 e. The molecule has 0 nitrogen and oxygen atoms in total. The first-order valence-electron chi connectivity index (χ1n) is 8.29. The van der Waals surface area contributed by atoms with E-state index < -0.39 is 34.8 Å². The van der Waals surface area contributed by atoms with Crippen LogP contribution in [0.4, 0.5) is 17.6 Å². The maximum Gasteiger partial charge on any atom is 0.165 e. The Morgan fingerprint density at radius 2 is 1.36 bits per heavy atom. The largest absolute Gasteiger partial charge is 0.203 e. The van der Waals surface area contributed by atoms with Gasteiger partial charge in [-0.05, 0) is 44.4 Å². The zero-order valence-electron chi connectivity index (χ0n) is 13.3. The van der Waals surface area contributed by atoms with Crippen molar-refractivity contribution in [2.24, 2.45) is 5.92 Å². The van der Waals surface area contributed by atoms with Crippen LogP contribution in [0.2, 0.25) is 0 Å². The fourth-order valence-electron chi connectivity index (χ4n) is 3.54. The van der Waals surface area contributed by atoms with E-state index in [1.807, 2.05) is 0 Å². The van der Waals surface area contributed by atoms with E-state index in [1.54, 1.807) is 0 Å². The molecule has 0 radical (unpaired) electrons. The molecule has 0 unspecified atom stereocenters. The number of hydrogen-bond acceptors (Lipinski definition) is 0. The molecular weight excluding hydrogens is 292 g/mol.